The number of benzene rings is 1. The molecule has 0 unspecified atom stereocenters. The molecule has 2 aliphatic carbocycles. The molecular formula is C22H16F3N5O3. The Morgan fingerprint density at radius 3 is 2.42 bits per heavy atom. The third-order valence-electron chi connectivity index (χ3n) is 4.82. The van der Waals surface area contributed by atoms with Gasteiger partial charge in [-0.3, -0.25) is 10.1 Å². The molecule has 0 radical (unpaired) electrons. The molecule has 1 heterocycles. The Labute approximate surface area is 185 Å². The molecule has 168 valence electrons. The fourth-order valence-corrected chi connectivity index (χ4v) is 3.13. The second-order valence-electron chi connectivity index (χ2n) is 7.04. The van der Waals surface area contributed by atoms with Gasteiger partial charge in [-0.25, -0.2) is 9.97 Å². The molecule has 33 heavy (non-hydrogen) atoms. The summed E-state index contributed by atoms with van der Waals surface area (Å²) in [5, 5.41) is 17.2. The number of nitro benzene ring substituents is 1. The molecule has 0 aliphatic heterocycles. The molecule has 11 heteroatoms. The van der Waals surface area contributed by atoms with Crippen molar-refractivity contribution in [2.24, 2.45) is 0 Å². The van der Waals surface area contributed by atoms with Crippen LogP contribution in [-0.4, -0.2) is 28.2 Å². The highest BCUT2D eigenvalue weighted by Crippen LogP contribution is 2.30. The second-order valence-corrected chi connectivity index (χ2v) is 7.04. The van der Waals surface area contributed by atoms with Crippen LogP contribution < -0.4 is 10.6 Å². The zero-order valence-electron chi connectivity index (χ0n) is 17.2. The van der Waals surface area contributed by atoms with Gasteiger partial charge in [-0.05, 0) is 42.5 Å². The van der Waals surface area contributed by atoms with Crippen LogP contribution in [0.3, 0.4) is 0 Å². The highest BCUT2D eigenvalue weighted by molar-refractivity contribution is 5.83. The highest BCUT2D eigenvalue weighted by atomic mass is 19.4. The van der Waals surface area contributed by atoms with Crippen LogP contribution in [0.25, 0.3) is 11.0 Å². The molecule has 2 N–H and O–H groups in total. The number of hydrogen-bond donors (Lipinski definition) is 2. The first kappa shape index (κ1) is 21.9. The minimum absolute atomic E-state index is 0.162. The Bertz CT molecular complexity index is 1350. The number of halogens is 3. The average Bonchev–Trinajstić information content (AvgIpc) is 2.79. The van der Waals surface area contributed by atoms with E-state index in [4.69, 9.17) is 4.74 Å². The largest absolute Gasteiger partial charge is 0.501 e. The van der Waals surface area contributed by atoms with Gasteiger partial charge in [0.25, 0.3) is 5.69 Å². The molecule has 2 aromatic rings. The molecule has 0 saturated carbocycles. The van der Waals surface area contributed by atoms with Crippen molar-refractivity contribution >= 4 is 28.4 Å². The van der Waals surface area contributed by atoms with Crippen LogP contribution >= 0.6 is 0 Å². The van der Waals surface area contributed by atoms with Crippen molar-refractivity contribution in [3.8, 4) is 0 Å². The van der Waals surface area contributed by atoms with Crippen molar-refractivity contribution in [1.29, 1.82) is 0 Å². The number of nitrogens with zero attached hydrogens (tertiary/aromatic N) is 3. The van der Waals surface area contributed by atoms with E-state index in [0.717, 1.165) is 17.5 Å². The highest BCUT2D eigenvalue weighted by Gasteiger charge is 2.32. The number of ether oxygens (including phenoxy) is 1. The van der Waals surface area contributed by atoms with Crippen LogP contribution in [0.1, 0.15) is 12.8 Å². The number of allylic oxidation sites excluding steroid dienone is 7. The number of hydrogen-bond acceptors (Lipinski definition) is 7. The van der Waals surface area contributed by atoms with E-state index in [2.05, 4.69) is 32.1 Å². The maximum absolute atomic E-state index is 12.8. The SMILES string of the molecule is COC1=CC=C(Nc2nc3ccc([N+](=O)[O-])cc3nc2NC2=C=C=C(C(F)(F)F)C=C2)CC1. The Kier molecular flexibility index (Phi) is 5.74. The lowest BCUT2D eigenvalue weighted by atomic mass is 10.1. The van der Waals surface area contributed by atoms with Crippen LogP contribution in [0.2, 0.25) is 0 Å². The van der Waals surface area contributed by atoms with E-state index in [-0.39, 0.29) is 22.7 Å². The fraction of sp³-hybridized carbons (Fsp3) is 0.182. The topological polar surface area (TPSA) is 102 Å². The molecule has 0 atom stereocenters. The van der Waals surface area contributed by atoms with E-state index in [1.807, 2.05) is 12.2 Å². The summed E-state index contributed by atoms with van der Waals surface area (Å²) in [7, 11) is 1.59. The molecule has 0 saturated heterocycles. The van der Waals surface area contributed by atoms with Gasteiger partial charge in [0.05, 0.1) is 34.5 Å². The lowest BCUT2D eigenvalue weighted by molar-refractivity contribution is -0.384. The number of fused-ring (bicyclic) bond motifs is 1. The monoisotopic (exact) mass is 455 g/mol. The first-order chi connectivity index (χ1) is 15.7. The van der Waals surface area contributed by atoms with Gasteiger partial charge in [0, 0.05) is 24.3 Å². The molecule has 4 rings (SSSR count). The second kappa shape index (κ2) is 8.66. The van der Waals surface area contributed by atoms with Gasteiger partial charge >= 0.3 is 6.18 Å². The minimum Gasteiger partial charge on any atom is -0.501 e. The summed E-state index contributed by atoms with van der Waals surface area (Å²) in [4.78, 5) is 19.5. The van der Waals surface area contributed by atoms with Crippen LogP contribution in [0.5, 0.6) is 0 Å². The lowest BCUT2D eigenvalue weighted by Gasteiger charge is -2.18. The van der Waals surface area contributed by atoms with Crippen molar-refractivity contribution in [3.63, 3.8) is 0 Å². The molecule has 0 spiro atoms. The average molecular weight is 455 g/mol. The summed E-state index contributed by atoms with van der Waals surface area (Å²) in [6.07, 6.45) is 2.47. The zero-order chi connectivity index (χ0) is 23.6. The summed E-state index contributed by atoms with van der Waals surface area (Å²) < 4.78 is 43.7. The Morgan fingerprint density at radius 2 is 1.82 bits per heavy atom. The van der Waals surface area contributed by atoms with Crippen molar-refractivity contribution in [3.05, 3.63) is 86.8 Å². The van der Waals surface area contributed by atoms with Gasteiger partial charge in [0.1, 0.15) is 5.57 Å². The van der Waals surface area contributed by atoms with Crippen molar-refractivity contribution < 1.29 is 22.8 Å². The van der Waals surface area contributed by atoms with E-state index in [9.17, 15) is 23.3 Å². The first-order valence-corrected chi connectivity index (χ1v) is 9.68. The first-order valence-electron chi connectivity index (χ1n) is 9.68. The molecule has 8 nitrogen and oxygen atoms in total. The van der Waals surface area contributed by atoms with E-state index >= 15 is 0 Å². The van der Waals surface area contributed by atoms with Crippen LogP contribution in [0, 0.1) is 10.1 Å². The Hall–Kier alpha value is -4.33. The number of nitro groups is 1. The number of rotatable bonds is 6. The maximum atomic E-state index is 12.8. The quantitative estimate of drug-likeness (QED) is 0.348. The van der Waals surface area contributed by atoms with Gasteiger partial charge in [-0.1, -0.05) is 5.73 Å². The number of nitrogens with one attached hydrogen (secondary N) is 2. The normalized spacial score (nSPS) is 15.4. The van der Waals surface area contributed by atoms with Gasteiger partial charge in [0.2, 0.25) is 0 Å². The number of methoxy groups -OCH3 is 1. The standard InChI is InChI=1S/C22H16F3N5O3/c1-33-17-9-6-15(7-10-17)27-20-21(26-14-4-2-13(3-5-14)22(23,24)25)29-19-12-16(30(31)32)8-11-18(19)28-20/h2,4,6,8-9,11-12H,7,10H2,1H3,(H,26,29)(H,27,28). The Morgan fingerprint density at radius 1 is 1.06 bits per heavy atom. The van der Waals surface area contributed by atoms with Crippen LogP contribution in [0.4, 0.5) is 30.5 Å². The number of alkyl halides is 3. The lowest BCUT2D eigenvalue weighted by Crippen LogP contribution is -2.12. The summed E-state index contributed by atoms with van der Waals surface area (Å²) >= 11 is 0. The predicted molar refractivity (Wildman–Crippen MR) is 115 cm³/mol. The van der Waals surface area contributed by atoms with Gasteiger partial charge in [-0.15, -0.1) is 0 Å². The zero-order valence-corrected chi connectivity index (χ0v) is 17.2. The smallest absolute Gasteiger partial charge is 0.424 e. The van der Waals surface area contributed by atoms with Gasteiger partial charge in [-0.2, -0.15) is 13.2 Å². The van der Waals surface area contributed by atoms with Crippen molar-refractivity contribution in [1.82, 2.24) is 9.97 Å². The molecule has 1 aromatic heterocycles. The van der Waals surface area contributed by atoms with E-state index in [0.29, 0.717) is 24.2 Å². The molecule has 0 fully saturated rings. The number of anilines is 2. The number of non-ortho nitro benzene ring substituents is 1. The number of aromatic nitrogens is 2. The molecule has 0 bridgehead atoms. The fourth-order valence-electron chi connectivity index (χ4n) is 3.13. The third kappa shape index (κ3) is 4.95. The van der Waals surface area contributed by atoms with E-state index in [1.165, 1.54) is 24.3 Å². The van der Waals surface area contributed by atoms with Crippen LogP contribution in [-0.2, 0) is 4.74 Å². The van der Waals surface area contributed by atoms with Crippen LogP contribution in [0.15, 0.2) is 76.7 Å². The van der Waals surface area contributed by atoms with Crippen molar-refractivity contribution in [2.45, 2.75) is 19.0 Å². The predicted octanol–water partition coefficient (Wildman–Crippen LogP) is 5.27. The molecule has 1 aromatic carbocycles. The third-order valence-corrected chi connectivity index (χ3v) is 4.82. The Balaban J connectivity index is 1.76. The van der Waals surface area contributed by atoms with Gasteiger partial charge < -0.3 is 15.4 Å². The van der Waals surface area contributed by atoms with Crippen molar-refractivity contribution in [2.75, 3.05) is 17.7 Å². The van der Waals surface area contributed by atoms with E-state index in [1.54, 1.807) is 7.11 Å². The summed E-state index contributed by atoms with van der Waals surface area (Å²) in [5.74, 6) is 1.28. The maximum Gasteiger partial charge on any atom is 0.424 e. The summed E-state index contributed by atoms with van der Waals surface area (Å²) in [6, 6.07) is 4.07. The molecule has 2 aliphatic rings. The molecule has 0 amide bonds. The van der Waals surface area contributed by atoms with E-state index < -0.39 is 16.7 Å². The molecular weight excluding hydrogens is 439 g/mol. The minimum atomic E-state index is -4.54. The van der Waals surface area contributed by atoms with Gasteiger partial charge in [0.15, 0.2) is 11.6 Å². The summed E-state index contributed by atoms with van der Waals surface area (Å²) in [5.41, 5.74) is 4.99. The summed E-state index contributed by atoms with van der Waals surface area (Å²) in [6.45, 7) is 0.